The summed E-state index contributed by atoms with van der Waals surface area (Å²) in [5, 5.41) is 3.57. The van der Waals surface area contributed by atoms with Crippen molar-refractivity contribution >= 4 is 0 Å². The van der Waals surface area contributed by atoms with Crippen LogP contribution >= 0.6 is 0 Å². The second-order valence-corrected chi connectivity index (χ2v) is 4.78. The summed E-state index contributed by atoms with van der Waals surface area (Å²) >= 11 is 0. The van der Waals surface area contributed by atoms with E-state index >= 15 is 0 Å². The minimum atomic E-state index is 0.352. The molecule has 0 aromatic carbocycles. The predicted octanol–water partition coefficient (Wildman–Crippen LogP) is 1.48. The van der Waals surface area contributed by atoms with Crippen LogP contribution in [0.5, 0.6) is 0 Å². The number of piperazine rings is 1. The lowest BCUT2D eigenvalue weighted by atomic mass is 10.1. The molecule has 0 radical (unpaired) electrons. The van der Waals surface area contributed by atoms with Crippen molar-refractivity contribution in [3.8, 4) is 0 Å². The highest BCUT2D eigenvalue weighted by atomic mass is 16.5. The fourth-order valence-electron chi connectivity index (χ4n) is 1.98. The Kier molecular flexibility index (Phi) is 5.58. The third-order valence-electron chi connectivity index (χ3n) is 3.10. The Bertz CT molecular complexity index is 173. The van der Waals surface area contributed by atoms with Gasteiger partial charge in [0.15, 0.2) is 0 Å². The molecular formula is C12H26N2O. The normalized spacial score (nSPS) is 28.6. The summed E-state index contributed by atoms with van der Waals surface area (Å²) in [4.78, 5) is 2.53. The van der Waals surface area contributed by atoms with Gasteiger partial charge in [0.05, 0.1) is 12.7 Å². The van der Waals surface area contributed by atoms with Crippen molar-refractivity contribution in [1.29, 1.82) is 0 Å². The zero-order valence-electron chi connectivity index (χ0n) is 10.6. The molecule has 0 spiro atoms. The van der Waals surface area contributed by atoms with E-state index in [2.05, 4.69) is 37.9 Å². The minimum absolute atomic E-state index is 0.352. The van der Waals surface area contributed by atoms with Crippen LogP contribution in [0.3, 0.4) is 0 Å². The van der Waals surface area contributed by atoms with Crippen LogP contribution < -0.4 is 5.32 Å². The molecule has 2 unspecified atom stereocenters. The Morgan fingerprint density at radius 2 is 2.20 bits per heavy atom. The van der Waals surface area contributed by atoms with Gasteiger partial charge in [-0.05, 0) is 27.2 Å². The molecule has 1 saturated heterocycles. The van der Waals surface area contributed by atoms with Crippen molar-refractivity contribution in [3.63, 3.8) is 0 Å². The van der Waals surface area contributed by atoms with Gasteiger partial charge in [-0.25, -0.2) is 0 Å². The molecular weight excluding hydrogens is 188 g/mol. The maximum atomic E-state index is 5.60. The molecule has 0 aromatic rings. The summed E-state index contributed by atoms with van der Waals surface area (Å²) in [5.41, 5.74) is 0. The maximum Gasteiger partial charge on any atom is 0.0597 e. The van der Waals surface area contributed by atoms with Gasteiger partial charge in [-0.15, -0.1) is 0 Å². The van der Waals surface area contributed by atoms with Gasteiger partial charge in [-0.1, -0.05) is 6.92 Å². The Morgan fingerprint density at radius 1 is 1.47 bits per heavy atom. The summed E-state index contributed by atoms with van der Waals surface area (Å²) < 4.78 is 5.60. The van der Waals surface area contributed by atoms with Crippen LogP contribution in [-0.2, 0) is 4.74 Å². The first-order chi connectivity index (χ1) is 7.13. The van der Waals surface area contributed by atoms with Crippen LogP contribution in [0, 0.1) is 0 Å². The van der Waals surface area contributed by atoms with Gasteiger partial charge >= 0.3 is 0 Å². The zero-order valence-corrected chi connectivity index (χ0v) is 10.6. The quantitative estimate of drug-likeness (QED) is 0.750. The van der Waals surface area contributed by atoms with Gasteiger partial charge < -0.3 is 10.1 Å². The standard InChI is InChI=1S/C12H26N2O/c1-5-12-9-14(11(4)8-13-12)6-7-15-10(2)3/h10-13H,5-9H2,1-4H3. The van der Waals surface area contributed by atoms with Crippen LogP contribution in [0.1, 0.15) is 34.1 Å². The Labute approximate surface area is 94.2 Å². The van der Waals surface area contributed by atoms with Crippen molar-refractivity contribution in [2.24, 2.45) is 0 Å². The summed E-state index contributed by atoms with van der Waals surface area (Å²) in [6, 6.07) is 1.31. The van der Waals surface area contributed by atoms with Gasteiger partial charge in [0.2, 0.25) is 0 Å². The highest BCUT2D eigenvalue weighted by molar-refractivity contribution is 4.82. The molecule has 1 rings (SSSR count). The van der Waals surface area contributed by atoms with Gasteiger partial charge in [-0.2, -0.15) is 0 Å². The summed E-state index contributed by atoms with van der Waals surface area (Å²) in [7, 11) is 0. The average molecular weight is 214 g/mol. The van der Waals surface area contributed by atoms with E-state index in [9.17, 15) is 0 Å². The van der Waals surface area contributed by atoms with Gasteiger partial charge in [0.1, 0.15) is 0 Å². The fraction of sp³-hybridized carbons (Fsp3) is 1.00. The second-order valence-electron chi connectivity index (χ2n) is 4.78. The van der Waals surface area contributed by atoms with E-state index in [1.165, 1.54) is 13.0 Å². The maximum absolute atomic E-state index is 5.60. The predicted molar refractivity (Wildman–Crippen MR) is 64.2 cm³/mol. The lowest BCUT2D eigenvalue weighted by Gasteiger charge is -2.38. The molecule has 1 N–H and O–H groups in total. The van der Waals surface area contributed by atoms with Crippen molar-refractivity contribution in [2.75, 3.05) is 26.2 Å². The molecule has 3 heteroatoms. The third kappa shape index (κ3) is 4.49. The number of hydrogen-bond donors (Lipinski definition) is 1. The first-order valence-corrected chi connectivity index (χ1v) is 6.22. The summed E-state index contributed by atoms with van der Waals surface area (Å²) in [6.45, 7) is 12.9. The van der Waals surface area contributed by atoms with E-state index in [4.69, 9.17) is 4.74 Å². The summed E-state index contributed by atoms with van der Waals surface area (Å²) in [6.07, 6.45) is 1.57. The molecule has 3 nitrogen and oxygen atoms in total. The van der Waals surface area contributed by atoms with Crippen molar-refractivity contribution in [3.05, 3.63) is 0 Å². The first-order valence-electron chi connectivity index (χ1n) is 6.22. The smallest absolute Gasteiger partial charge is 0.0597 e. The first kappa shape index (κ1) is 12.9. The second kappa shape index (κ2) is 6.46. The van der Waals surface area contributed by atoms with Crippen LogP contribution in [-0.4, -0.2) is 49.3 Å². The van der Waals surface area contributed by atoms with E-state index in [0.29, 0.717) is 18.2 Å². The van der Waals surface area contributed by atoms with Crippen molar-refractivity contribution in [2.45, 2.75) is 52.3 Å². The molecule has 0 amide bonds. The van der Waals surface area contributed by atoms with Crippen LogP contribution in [0.4, 0.5) is 0 Å². The number of nitrogens with zero attached hydrogens (tertiary/aromatic N) is 1. The molecule has 90 valence electrons. The SMILES string of the molecule is CCC1CN(CCOC(C)C)C(C)CN1. The number of hydrogen-bond acceptors (Lipinski definition) is 3. The van der Waals surface area contributed by atoms with Crippen molar-refractivity contribution < 1.29 is 4.74 Å². The number of rotatable bonds is 5. The van der Waals surface area contributed by atoms with E-state index in [0.717, 1.165) is 19.7 Å². The Balaban J connectivity index is 2.25. The topological polar surface area (TPSA) is 24.5 Å². The fourth-order valence-corrected chi connectivity index (χ4v) is 1.98. The molecule has 0 bridgehead atoms. The van der Waals surface area contributed by atoms with E-state index in [1.54, 1.807) is 0 Å². The van der Waals surface area contributed by atoms with Crippen LogP contribution in [0.15, 0.2) is 0 Å². The molecule has 1 fully saturated rings. The number of nitrogens with one attached hydrogen (secondary N) is 1. The molecule has 2 atom stereocenters. The highest BCUT2D eigenvalue weighted by Crippen LogP contribution is 2.08. The van der Waals surface area contributed by atoms with Gasteiger partial charge in [-0.3, -0.25) is 4.90 Å². The minimum Gasteiger partial charge on any atom is -0.377 e. The molecule has 1 aliphatic heterocycles. The lowest BCUT2D eigenvalue weighted by molar-refractivity contribution is 0.0394. The van der Waals surface area contributed by atoms with Gasteiger partial charge in [0, 0.05) is 31.7 Å². The van der Waals surface area contributed by atoms with E-state index in [-0.39, 0.29) is 0 Å². The molecule has 1 heterocycles. The molecule has 0 aromatic heterocycles. The van der Waals surface area contributed by atoms with E-state index < -0.39 is 0 Å². The van der Waals surface area contributed by atoms with Crippen LogP contribution in [0.2, 0.25) is 0 Å². The Morgan fingerprint density at radius 3 is 2.80 bits per heavy atom. The highest BCUT2D eigenvalue weighted by Gasteiger charge is 2.23. The average Bonchev–Trinajstić information content (AvgIpc) is 2.20. The lowest BCUT2D eigenvalue weighted by Crippen LogP contribution is -2.55. The molecule has 15 heavy (non-hydrogen) atoms. The molecule has 0 saturated carbocycles. The molecule has 0 aliphatic carbocycles. The van der Waals surface area contributed by atoms with E-state index in [1.807, 2.05) is 0 Å². The van der Waals surface area contributed by atoms with Gasteiger partial charge in [0.25, 0.3) is 0 Å². The number of ether oxygens (including phenoxy) is 1. The molecule has 1 aliphatic rings. The monoisotopic (exact) mass is 214 g/mol. The van der Waals surface area contributed by atoms with Crippen molar-refractivity contribution in [1.82, 2.24) is 10.2 Å². The third-order valence-corrected chi connectivity index (χ3v) is 3.10. The largest absolute Gasteiger partial charge is 0.377 e. The van der Waals surface area contributed by atoms with Crippen LogP contribution in [0.25, 0.3) is 0 Å². The Hall–Kier alpha value is -0.120. The summed E-state index contributed by atoms with van der Waals surface area (Å²) in [5.74, 6) is 0. The zero-order chi connectivity index (χ0) is 11.3.